The second-order valence-corrected chi connectivity index (χ2v) is 4.24. The number of methoxy groups -OCH3 is 1. The number of nitrogens with one attached hydrogen (secondary N) is 1. The minimum absolute atomic E-state index is 0.245. The molecule has 1 heterocycles. The van der Waals surface area contributed by atoms with Gasteiger partial charge >= 0.3 is 0 Å². The van der Waals surface area contributed by atoms with Crippen molar-refractivity contribution < 1.29 is 9.47 Å². The van der Waals surface area contributed by atoms with Gasteiger partial charge in [-0.1, -0.05) is 0 Å². The van der Waals surface area contributed by atoms with Crippen molar-refractivity contribution in [2.45, 2.75) is 5.92 Å². The number of benzene rings is 1. The Balaban J connectivity index is 2.63. The Morgan fingerprint density at radius 2 is 2.00 bits per heavy atom. The number of nitriles is 3. The molecule has 1 aliphatic rings. The predicted molar refractivity (Wildman–Crippen MR) is 67.9 cm³/mol. The highest BCUT2D eigenvalue weighted by atomic mass is 16.5. The first kappa shape index (κ1) is 13.4. The highest BCUT2D eigenvalue weighted by Gasteiger charge is 2.41. The van der Waals surface area contributed by atoms with Crippen LogP contribution in [0.2, 0.25) is 0 Å². The third-order valence-electron chi connectivity index (χ3n) is 3.21. The van der Waals surface area contributed by atoms with Crippen LogP contribution >= 0.6 is 0 Å². The molecule has 0 aromatic heterocycles. The zero-order valence-corrected chi connectivity index (χ0v) is 10.6. The van der Waals surface area contributed by atoms with Gasteiger partial charge in [-0.25, -0.2) is 0 Å². The lowest BCUT2D eigenvalue weighted by atomic mass is 9.76. The van der Waals surface area contributed by atoms with Crippen LogP contribution in [0.3, 0.4) is 0 Å². The van der Waals surface area contributed by atoms with Gasteiger partial charge in [0.25, 0.3) is 0 Å². The van der Waals surface area contributed by atoms with Gasteiger partial charge in [0.05, 0.1) is 25.3 Å². The van der Waals surface area contributed by atoms with Crippen molar-refractivity contribution in [2.75, 3.05) is 7.11 Å². The topological polar surface area (TPSA) is 114 Å². The average molecular weight is 266 g/mol. The standard InChI is InChI=1S/C14H10N4O2/c1-19-9-2-3-12-10(4-9)13(8(5-15)6-16)11(7-17)14(18)20-12/h2-4,8,11,13,18H,1H3. The van der Waals surface area contributed by atoms with E-state index in [1.54, 1.807) is 18.2 Å². The van der Waals surface area contributed by atoms with Gasteiger partial charge in [0.15, 0.2) is 0 Å². The number of rotatable bonds is 2. The fraction of sp³-hybridized carbons (Fsp3) is 0.286. The molecule has 0 bridgehead atoms. The van der Waals surface area contributed by atoms with E-state index in [4.69, 9.17) is 25.4 Å². The summed E-state index contributed by atoms with van der Waals surface area (Å²) in [6, 6.07) is 10.6. The van der Waals surface area contributed by atoms with E-state index in [1.807, 2.05) is 18.2 Å². The summed E-state index contributed by atoms with van der Waals surface area (Å²) in [5.74, 6) is -2.04. The first-order valence-corrected chi connectivity index (χ1v) is 5.79. The molecule has 1 N–H and O–H groups in total. The predicted octanol–water partition coefficient (Wildman–Crippen LogP) is 1.95. The van der Waals surface area contributed by atoms with E-state index in [-0.39, 0.29) is 5.90 Å². The van der Waals surface area contributed by atoms with Crippen molar-refractivity contribution in [3.63, 3.8) is 0 Å². The van der Waals surface area contributed by atoms with Crippen LogP contribution in [0.1, 0.15) is 11.5 Å². The van der Waals surface area contributed by atoms with Crippen LogP contribution < -0.4 is 9.47 Å². The largest absolute Gasteiger partial charge is 0.497 e. The molecule has 98 valence electrons. The van der Waals surface area contributed by atoms with Crippen molar-refractivity contribution in [3.8, 4) is 29.7 Å². The number of fused-ring (bicyclic) bond motifs is 1. The van der Waals surface area contributed by atoms with E-state index in [0.29, 0.717) is 17.1 Å². The molecule has 1 aromatic rings. The quantitative estimate of drug-likeness (QED) is 0.878. The molecular formula is C14H10N4O2. The lowest BCUT2D eigenvalue weighted by Gasteiger charge is -2.30. The molecule has 0 radical (unpaired) electrons. The molecular weight excluding hydrogens is 256 g/mol. The van der Waals surface area contributed by atoms with Crippen LogP contribution in [0, 0.1) is 51.2 Å². The van der Waals surface area contributed by atoms with Gasteiger partial charge in [-0.2, -0.15) is 15.8 Å². The molecule has 1 aromatic carbocycles. The Hall–Kier alpha value is -3.04. The SMILES string of the molecule is COc1ccc2c(c1)C(C(C#N)C#N)C(C#N)C(=N)O2. The molecule has 0 aliphatic carbocycles. The smallest absolute Gasteiger partial charge is 0.205 e. The van der Waals surface area contributed by atoms with Gasteiger partial charge in [0.2, 0.25) is 5.90 Å². The van der Waals surface area contributed by atoms with Gasteiger partial charge in [0.1, 0.15) is 23.3 Å². The third kappa shape index (κ3) is 2.02. The Morgan fingerprint density at radius 3 is 2.55 bits per heavy atom. The number of hydrogen-bond donors (Lipinski definition) is 1. The number of ether oxygens (including phenoxy) is 2. The lowest BCUT2D eigenvalue weighted by molar-refractivity contribution is 0.393. The maximum atomic E-state index is 9.20. The maximum absolute atomic E-state index is 9.20. The van der Waals surface area contributed by atoms with Gasteiger partial charge in [-0.05, 0) is 18.2 Å². The summed E-state index contributed by atoms with van der Waals surface area (Å²) in [6.45, 7) is 0. The summed E-state index contributed by atoms with van der Waals surface area (Å²) < 4.78 is 10.4. The molecule has 6 nitrogen and oxygen atoms in total. The van der Waals surface area contributed by atoms with Crippen LogP contribution in [0.4, 0.5) is 0 Å². The van der Waals surface area contributed by atoms with Gasteiger partial charge in [-0.3, -0.25) is 5.41 Å². The molecule has 6 heteroatoms. The van der Waals surface area contributed by atoms with Gasteiger partial charge in [0, 0.05) is 11.5 Å². The zero-order valence-electron chi connectivity index (χ0n) is 10.6. The fourth-order valence-corrected chi connectivity index (χ4v) is 2.23. The molecule has 2 unspecified atom stereocenters. The minimum Gasteiger partial charge on any atom is -0.497 e. The molecule has 0 spiro atoms. The highest BCUT2D eigenvalue weighted by Crippen LogP contribution is 2.43. The first-order valence-electron chi connectivity index (χ1n) is 5.79. The molecule has 20 heavy (non-hydrogen) atoms. The van der Waals surface area contributed by atoms with E-state index >= 15 is 0 Å². The summed E-state index contributed by atoms with van der Waals surface area (Å²) in [4.78, 5) is 0. The van der Waals surface area contributed by atoms with E-state index in [1.165, 1.54) is 7.11 Å². The average Bonchev–Trinajstić information content (AvgIpc) is 2.48. The lowest BCUT2D eigenvalue weighted by Crippen LogP contribution is -2.33. The Labute approximate surface area is 115 Å². The summed E-state index contributed by atoms with van der Waals surface area (Å²) in [6.07, 6.45) is 0. The first-order chi connectivity index (χ1) is 9.65. The summed E-state index contributed by atoms with van der Waals surface area (Å²) in [5.41, 5.74) is 0.542. The Morgan fingerprint density at radius 1 is 1.30 bits per heavy atom. The second kappa shape index (κ2) is 5.30. The molecule has 2 atom stereocenters. The Bertz CT molecular complexity index is 664. The molecule has 0 saturated heterocycles. The Kier molecular flexibility index (Phi) is 3.55. The van der Waals surface area contributed by atoms with E-state index in [9.17, 15) is 5.26 Å². The minimum atomic E-state index is -1.03. The summed E-state index contributed by atoms with van der Waals surface area (Å²) >= 11 is 0. The van der Waals surface area contributed by atoms with Gasteiger partial charge < -0.3 is 9.47 Å². The van der Waals surface area contributed by atoms with Crippen molar-refractivity contribution in [1.29, 1.82) is 21.2 Å². The molecule has 0 saturated carbocycles. The molecule has 0 amide bonds. The zero-order chi connectivity index (χ0) is 14.7. The van der Waals surface area contributed by atoms with Crippen LogP contribution in [0.25, 0.3) is 0 Å². The molecule has 0 fully saturated rings. The van der Waals surface area contributed by atoms with Crippen molar-refractivity contribution >= 4 is 5.90 Å². The van der Waals surface area contributed by atoms with Crippen molar-refractivity contribution in [3.05, 3.63) is 23.8 Å². The second-order valence-electron chi connectivity index (χ2n) is 4.24. The van der Waals surface area contributed by atoms with Crippen molar-refractivity contribution in [2.24, 2.45) is 11.8 Å². The number of nitrogens with zero attached hydrogens (tertiary/aromatic N) is 3. The van der Waals surface area contributed by atoms with Crippen LogP contribution in [0.5, 0.6) is 11.5 Å². The molecule has 2 rings (SSSR count). The normalized spacial score (nSPS) is 20.1. The summed E-state index contributed by atoms with van der Waals surface area (Å²) in [5, 5.41) is 35.2. The fourth-order valence-electron chi connectivity index (χ4n) is 2.23. The monoisotopic (exact) mass is 266 g/mol. The van der Waals surface area contributed by atoms with Crippen LogP contribution in [-0.4, -0.2) is 13.0 Å². The van der Waals surface area contributed by atoms with Crippen LogP contribution in [0.15, 0.2) is 18.2 Å². The summed E-state index contributed by atoms with van der Waals surface area (Å²) in [7, 11) is 1.50. The molecule has 1 aliphatic heterocycles. The van der Waals surface area contributed by atoms with E-state index in [2.05, 4.69) is 0 Å². The van der Waals surface area contributed by atoms with Crippen LogP contribution in [-0.2, 0) is 0 Å². The third-order valence-corrected chi connectivity index (χ3v) is 3.21. The number of hydrogen-bond acceptors (Lipinski definition) is 6. The van der Waals surface area contributed by atoms with Gasteiger partial charge in [-0.15, -0.1) is 0 Å². The maximum Gasteiger partial charge on any atom is 0.205 e. The highest BCUT2D eigenvalue weighted by molar-refractivity contribution is 5.84. The van der Waals surface area contributed by atoms with E-state index < -0.39 is 17.8 Å². The van der Waals surface area contributed by atoms with E-state index in [0.717, 1.165) is 0 Å². The van der Waals surface area contributed by atoms with Crippen molar-refractivity contribution in [1.82, 2.24) is 0 Å².